The zero-order valence-corrected chi connectivity index (χ0v) is 12.5. The molecule has 110 valence electrons. The van der Waals surface area contributed by atoms with Crippen molar-refractivity contribution in [2.45, 2.75) is 19.4 Å². The van der Waals surface area contributed by atoms with Crippen molar-refractivity contribution in [2.24, 2.45) is 0 Å². The van der Waals surface area contributed by atoms with Crippen molar-refractivity contribution < 1.29 is 4.79 Å². The van der Waals surface area contributed by atoms with E-state index in [0.717, 1.165) is 0 Å². The zero-order valence-electron chi connectivity index (χ0n) is 11.8. The molecule has 0 saturated carbocycles. The molecule has 21 heavy (non-hydrogen) atoms. The third-order valence-corrected chi connectivity index (χ3v) is 3.47. The number of rotatable bonds is 3. The number of para-hydroxylation sites is 2. The highest BCUT2D eigenvalue weighted by molar-refractivity contribution is 6.30. The number of aromatic nitrogens is 1. The summed E-state index contributed by atoms with van der Waals surface area (Å²) >= 11 is 5.90. The summed E-state index contributed by atoms with van der Waals surface area (Å²) in [6, 6.07) is 9.75. The minimum Gasteiger partial charge on any atom is -0.397 e. The van der Waals surface area contributed by atoms with Crippen LogP contribution in [0.5, 0.6) is 0 Å². The molecule has 0 spiro atoms. The second kappa shape index (κ2) is 5.61. The van der Waals surface area contributed by atoms with Gasteiger partial charge in [0.2, 0.25) is 5.91 Å². The molecule has 0 radical (unpaired) electrons. The number of carbonyl (C=O) groups is 1. The minimum absolute atomic E-state index is 0.305. The van der Waals surface area contributed by atoms with Crippen LogP contribution in [0.3, 0.4) is 0 Å². The molecule has 6 heteroatoms. The van der Waals surface area contributed by atoms with E-state index in [9.17, 15) is 9.59 Å². The average molecular weight is 306 g/mol. The summed E-state index contributed by atoms with van der Waals surface area (Å²) in [5.41, 5.74) is 5.35. The van der Waals surface area contributed by atoms with Crippen molar-refractivity contribution >= 4 is 28.9 Å². The highest BCUT2D eigenvalue weighted by atomic mass is 35.5. The molecule has 0 unspecified atom stereocenters. The lowest BCUT2D eigenvalue weighted by Gasteiger charge is -2.26. The lowest BCUT2D eigenvalue weighted by atomic mass is 10.0. The van der Waals surface area contributed by atoms with Gasteiger partial charge in [0.15, 0.2) is 0 Å². The zero-order chi connectivity index (χ0) is 15.6. The van der Waals surface area contributed by atoms with Crippen molar-refractivity contribution in [2.75, 3.05) is 11.1 Å². The maximum absolute atomic E-state index is 12.5. The molecule has 1 amide bonds. The predicted octanol–water partition coefficient (Wildman–Crippen LogP) is 2.46. The Kier molecular flexibility index (Phi) is 4.04. The Morgan fingerprint density at radius 1 is 1.24 bits per heavy atom. The van der Waals surface area contributed by atoms with Gasteiger partial charge in [0.05, 0.1) is 16.4 Å². The summed E-state index contributed by atoms with van der Waals surface area (Å²) in [5.74, 6) is -0.357. The van der Waals surface area contributed by atoms with Crippen molar-refractivity contribution in [3.8, 4) is 0 Å². The molecule has 0 aliphatic rings. The predicted molar refractivity (Wildman–Crippen MR) is 84.5 cm³/mol. The standard InChI is InChI=1S/C15H16ClN3O2/c1-15(2,19-9-10(16)7-8-13(19)20)14(21)18-12-6-4-3-5-11(12)17/h3-9H,17H2,1-2H3,(H,18,21). The molecule has 0 bridgehead atoms. The number of nitrogen functional groups attached to an aromatic ring is 1. The minimum atomic E-state index is -1.11. The highest BCUT2D eigenvalue weighted by Crippen LogP contribution is 2.22. The Labute approximate surface area is 127 Å². The molecule has 0 fully saturated rings. The molecule has 2 rings (SSSR count). The van der Waals surface area contributed by atoms with Crippen LogP contribution < -0.4 is 16.6 Å². The summed E-state index contributed by atoms with van der Waals surface area (Å²) < 4.78 is 1.30. The molecule has 0 atom stereocenters. The number of amides is 1. The van der Waals surface area contributed by atoms with E-state index in [-0.39, 0.29) is 11.5 Å². The Morgan fingerprint density at radius 3 is 2.57 bits per heavy atom. The first-order valence-electron chi connectivity index (χ1n) is 6.37. The normalized spacial score (nSPS) is 11.2. The fourth-order valence-corrected chi connectivity index (χ4v) is 2.05. The van der Waals surface area contributed by atoms with Gasteiger partial charge in [-0.05, 0) is 32.0 Å². The SMILES string of the molecule is CC(C)(C(=O)Nc1ccccc1N)n1cc(Cl)ccc1=O. The van der Waals surface area contributed by atoms with Crippen molar-refractivity contribution in [3.63, 3.8) is 0 Å². The number of halogens is 1. The van der Waals surface area contributed by atoms with Gasteiger partial charge in [-0.1, -0.05) is 23.7 Å². The number of anilines is 2. The number of nitrogens with one attached hydrogen (secondary N) is 1. The van der Waals surface area contributed by atoms with Crippen LogP contribution in [0.1, 0.15) is 13.8 Å². The van der Waals surface area contributed by atoms with E-state index in [0.29, 0.717) is 16.4 Å². The van der Waals surface area contributed by atoms with Crippen LogP contribution >= 0.6 is 11.6 Å². The molecule has 0 aliphatic carbocycles. The first kappa shape index (κ1) is 15.1. The van der Waals surface area contributed by atoms with Gasteiger partial charge in [0, 0.05) is 12.3 Å². The van der Waals surface area contributed by atoms with Gasteiger partial charge < -0.3 is 11.1 Å². The van der Waals surface area contributed by atoms with E-state index in [1.807, 2.05) is 0 Å². The topological polar surface area (TPSA) is 77.1 Å². The van der Waals surface area contributed by atoms with Crippen LogP contribution in [0.15, 0.2) is 47.4 Å². The lowest BCUT2D eigenvalue weighted by Crippen LogP contribution is -2.45. The largest absolute Gasteiger partial charge is 0.397 e. The first-order valence-corrected chi connectivity index (χ1v) is 6.75. The monoisotopic (exact) mass is 305 g/mol. The van der Waals surface area contributed by atoms with Gasteiger partial charge in [-0.2, -0.15) is 0 Å². The van der Waals surface area contributed by atoms with Gasteiger partial charge in [-0.3, -0.25) is 14.2 Å². The number of carbonyl (C=O) groups excluding carboxylic acids is 1. The number of nitrogens with zero attached hydrogens (tertiary/aromatic N) is 1. The van der Waals surface area contributed by atoms with Crippen LogP contribution in [0.4, 0.5) is 11.4 Å². The molecule has 3 N–H and O–H groups in total. The Hall–Kier alpha value is -2.27. The van der Waals surface area contributed by atoms with Crippen LogP contribution in [0.2, 0.25) is 5.02 Å². The van der Waals surface area contributed by atoms with Crippen LogP contribution in [0, 0.1) is 0 Å². The maximum Gasteiger partial charge on any atom is 0.251 e. The second-order valence-electron chi connectivity index (χ2n) is 5.16. The molecular formula is C15H16ClN3O2. The number of nitrogens with two attached hydrogens (primary N) is 1. The summed E-state index contributed by atoms with van der Waals surface area (Å²) in [5, 5.41) is 3.11. The average Bonchev–Trinajstić information content (AvgIpc) is 2.43. The molecule has 1 aromatic heterocycles. The van der Waals surface area contributed by atoms with Crippen molar-refractivity contribution in [1.29, 1.82) is 0 Å². The van der Waals surface area contributed by atoms with Crippen molar-refractivity contribution in [1.82, 2.24) is 4.57 Å². The molecule has 1 aromatic carbocycles. The fraction of sp³-hybridized carbons (Fsp3) is 0.200. The number of hydrogen-bond acceptors (Lipinski definition) is 3. The smallest absolute Gasteiger partial charge is 0.251 e. The Bertz CT molecular complexity index is 738. The third kappa shape index (κ3) is 3.08. The van der Waals surface area contributed by atoms with Crippen LogP contribution in [0.25, 0.3) is 0 Å². The highest BCUT2D eigenvalue weighted by Gasteiger charge is 2.31. The molecular weight excluding hydrogens is 290 g/mol. The third-order valence-electron chi connectivity index (χ3n) is 3.24. The molecule has 0 aliphatic heterocycles. The summed E-state index contributed by atoms with van der Waals surface area (Å²) in [6.07, 6.45) is 1.44. The van der Waals surface area contributed by atoms with E-state index in [4.69, 9.17) is 17.3 Å². The van der Waals surface area contributed by atoms with E-state index < -0.39 is 5.54 Å². The number of hydrogen-bond donors (Lipinski definition) is 2. The summed E-state index contributed by atoms with van der Waals surface area (Å²) in [4.78, 5) is 24.4. The van der Waals surface area contributed by atoms with Gasteiger partial charge in [0.25, 0.3) is 5.56 Å². The Balaban J connectivity index is 2.35. The Morgan fingerprint density at radius 2 is 1.90 bits per heavy atom. The van der Waals surface area contributed by atoms with Gasteiger partial charge in [-0.25, -0.2) is 0 Å². The van der Waals surface area contributed by atoms with Crippen LogP contribution in [-0.2, 0) is 10.3 Å². The van der Waals surface area contributed by atoms with Crippen LogP contribution in [-0.4, -0.2) is 10.5 Å². The molecule has 1 heterocycles. The summed E-state index contributed by atoms with van der Waals surface area (Å²) in [7, 11) is 0. The molecule has 5 nitrogen and oxygen atoms in total. The van der Waals surface area contributed by atoms with Gasteiger partial charge in [-0.15, -0.1) is 0 Å². The van der Waals surface area contributed by atoms with Gasteiger partial charge >= 0.3 is 0 Å². The van der Waals surface area contributed by atoms with E-state index >= 15 is 0 Å². The fourth-order valence-electron chi connectivity index (χ4n) is 1.89. The van der Waals surface area contributed by atoms with E-state index in [2.05, 4.69) is 5.32 Å². The first-order chi connectivity index (χ1) is 9.82. The maximum atomic E-state index is 12.5. The summed E-state index contributed by atoms with van der Waals surface area (Å²) in [6.45, 7) is 3.28. The van der Waals surface area contributed by atoms with Crippen molar-refractivity contribution in [3.05, 3.63) is 58.0 Å². The van der Waals surface area contributed by atoms with Gasteiger partial charge in [0.1, 0.15) is 5.54 Å². The quantitative estimate of drug-likeness (QED) is 0.855. The number of pyridine rings is 1. The molecule has 2 aromatic rings. The van der Waals surface area contributed by atoms with E-state index in [1.54, 1.807) is 38.1 Å². The molecule has 0 saturated heterocycles. The second-order valence-corrected chi connectivity index (χ2v) is 5.59. The lowest BCUT2D eigenvalue weighted by molar-refractivity contribution is -0.123. The van der Waals surface area contributed by atoms with E-state index in [1.165, 1.54) is 22.9 Å². The number of benzene rings is 1.